The highest BCUT2D eigenvalue weighted by atomic mass is 19.1. The molecule has 4 aromatic heterocycles. The third kappa shape index (κ3) is 4.52. The number of hydrogen-bond donors (Lipinski definition) is 1. The summed E-state index contributed by atoms with van der Waals surface area (Å²) >= 11 is 0. The van der Waals surface area contributed by atoms with E-state index >= 15 is 4.39 Å². The Morgan fingerprint density at radius 2 is 1.74 bits per heavy atom. The fourth-order valence-corrected chi connectivity index (χ4v) is 5.15. The number of hydrogen-bond acceptors (Lipinski definition) is 7. The Balaban J connectivity index is 1.60. The van der Waals surface area contributed by atoms with E-state index in [-0.39, 0.29) is 28.8 Å². The van der Waals surface area contributed by atoms with E-state index < -0.39 is 17.7 Å². The average molecular weight is 568 g/mol. The van der Waals surface area contributed by atoms with Crippen LogP contribution in [0.3, 0.4) is 0 Å². The molecule has 0 saturated carbocycles. The Bertz CT molecular complexity index is 2050. The molecule has 1 atom stereocenters. The van der Waals surface area contributed by atoms with Crippen LogP contribution in [-0.2, 0) is 0 Å². The molecule has 0 bridgehead atoms. The standard InChI is InChI=1S/C31H27F2N7O2/c1-16(2)42-23-12-11-20(14-22(23)33)28-26-29(34)35-15-36-30(26)40(38-28)18(4)27-25(19-8-6-9-21(32)13-19)31(41)39-17(3)7-5-10-24(39)37-27/h5-16,18H,1-4H3,(H2,34,35,36)/t18-/m0/s1. The molecule has 6 aromatic rings. The Morgan fingerprint density at radius 3 is 2.48 bits per heavy atom. The molecule has 9 nitrogen and oxygen atoms in total. The first-order valence-corrected chi connectivity index (χ1v) is 13.4. The predicted octanol–water partition coefficient (Wildman–Crippen LogP) is 5.73. The van der Waals surface area contributed by atoms with Gasteiger partial charge < -0.3 is 10.5 Å². The molecule has 0 aliphatic rings. The molecule has 2 N–H and O–H groups in total. The van der Waals surface area contributed by atoms with Crippen LogP contribution in [0.15, 0.2) is 71.8 Å². The van der Waals surface area contributed by atoms with Gasteiger partial charge in [0.1, 0.15) is 29.3 Å². The zero-order valence-corrected chi connectivity index (χ0v) is 23.3. The summed E-state index contributed by atoms with van der Waals surface area (Å²) < 4.78 is 38.0. The van der Waals surface area contributed by atoms with Gasteiger partial charge in [-0.15, -0.1) is 0 Å². The minimum absolute atomic E-state index is 0.117. The molecule has 6 rings (SSSR count). The number of fused-ring (bicyclic) bond motifs is 2. The topological polar surface area (TPSA) is 113 Å². The molecule has 0 amide bonds. The van der Waals surface area contributed by atoms with Crippen molar-refractivity contribution in [1.29, 1.82) is 0 Å². The molecule has 0 unspecified atom stereocenters. The van der Waals surface area contributed by atoms with Crippen LogP contribution in [0, 0.1) is 18.6 Å². The number of anilines is 1. The molecule has 0 saturated heterocycles. The Morgan fingerprint density at radius 1 is 0.952 bits per heavy atom. The molecule has 0 aliphatic carbocycles. The lowest BCUT2D eigenvalue weighted by Crippen LogP contribution is -2.24. The smallest absolute Gasteiger partial charge is 0.266 e. The number of ether oxygens (including phenoxy) is 1. The van der Waals surface area contributed by atoms with E-state index in [0.29, 0.717) is 44.9 Å². The van der Waals surface area contributed by atoms with Gasteiger partial charge in [-0.1, -0.05) is 18.2 Å². The highest BCUT2D eigenvalue weighted by Gasteiger charge is 2.27. The lowest BCUT2D eigenvalue weighted by molar-refractivity contribution is 0.231. The van der Waals surface area contributed by atoms with Crippen LogP contribution < -0.4 is 16.0 Å². The van der Waals surface area contributed by atoms with Crippen molar-refractivity contribution in [2.75, 3.05) is 5.73 Å². The van der Waals surface area contributed by atoms with Crippen molar-refractivity contribution in [2.45, 2.75) is 39.8 Å². The van der Waals surface area contributed by atoms with Crippen LogP contribution in [0.4, 0.5) is 14.6 Å². The quantitative estimate of drug-likeness (QED) is 0.273. The molecule has 4 heterocycles. The van der Waals surface area contributed by atoms with Crippen molar-refractivity contribution in [2.24, 2.45) is 0 Å². The number of rotatable bonds is 6. The Kier molecular flexibility index (Phi) is 6.64. The van der Waals surface area contributed by atoms with Gasteiger partial charge in [-0.3, -0.25) is 9.20 Å². The Labute approximate surface area is 239 Å². The summed E-state index contributed by atoms with van der Waals surface area (Å²) in [7, 11) is 0. The minimum Gasteiger partial charge on any atom is -0.488 e. The number of aryl methyl sites for hydroxylation is 1. The first-order chi connectivity index (χ1) is 20.1. The monoisotopic (exact) mass is 567 g/mol. The van der Waals surface area contributed by atoms with E-state index in [1.54, 1.807) is 41.9 Å². The molecule has 11 heteroatoms. The maximum absolute atomic E-state index is 15.0. The van der Waals surface area contributed by atoms with Crippen molar-refractivity contribution >= 4 is 22.5 Å². The second-order valence-electron chi connectivity index (χ2n) is 10.3. The highest BCUT2D eigenvalue weighted by Crippen LogP contribution is 2.36. The van der Waals surface area contributed by atoms with E-state index in [4.69, 9.17) is 20.6 Å². The molecular weight excluding hydrogens is 540 g/mol. The van der Waals surface area contributed by atoms with Crippen LogP contribution in [0.1, 0.15) is 38.2 Å². The van der Waals surface area contributed by atoms with E-state index in [1.165, 1.54) is 35.0 Å². The van der Waals surface area contributed by atoms with Crippen molar-refractivity contribution in [3.63, 3.8) is 0 Å². The van der Waals surface area contributed by atoms with Crippen LogP contribution >= 0.6 is 0 Å². The summed E-state index contributed by atoms with van der Waals surface area (Å²) in [5.74, 6) is -0.769. The van der Waals surface area contributed by atoms with Crippen molar-refractivity contribution in [1.82, 2.24) is 29.1 Å². The maximum Gasteiger partial charge on any atom is 0.266 e. The van der Waals surface area contributed by atoms with E-state index in [1.807, 2.05) is 26.8 Å². The second kappa shape index (κ2) is 10.3. The Hall–Kier alpha value is -5.19. The zero-order chi connectivity index (χ0) is 29.7. The number of nitrogens with two attached hydrogens (primary N) is 1. The number of nitrogens with zero attached hydrogens (tertiary/aromatic N) is 6. The van der Waals surface area contributed by atoms with E-state index in [0.717, 1.165) is 0 Å². The first kappa shape index (κ1) is 27.0. The second-order valence-corrected chi connectivity index (χ2v) is 10.3. The number of nitrogen functional groups attached to an aromatic ring is 1. The van der Waals surface area contributed by atoms with Crippen LogP contribution in [0.2, 0.25) is 0 Å². The van der Waals surface area contributed by atoms with Gasteiger partial charge in [0.25, 0.3) is 5.56 Å². The van der Waals surface area contributed by atoms with Gasteiger partial charge in [0.15, 0.2) is 17.2 Å². The van der Waals surface area contributed by atoms with Gasteiger partial charge in [0, 0.05) is 11.3 Å². The number of benzene rings is 2. The predicted molar refractivity (Wildman–Crippen MR) is 156 cm³/mol. The molecule has 212 valence electrons. The normalized spacial score (nSPS) is 12.4. The third-order valence-corrected chi connectivity index (χ3v) is 7.03. The lowest BCUT2D eigenvalue weighted by Gasteiger charge is -2.18. The molecular formula is C31H27F2N7O2. The average Bonchev–Trinajstić information content (AvgIpc) is 3.34. The maximum atomic E-state index is 15.0. The fraction of sp³-hybridized carbons (Fsp3) is 0.194. The summed E-state index contributed by atoms with van der Waals surface area (Å²) in [6, 6.07) is 15.0. The summed E-state index contributed by atoms with van der Waals surface area (Å²) in [6.07, 6.45) is 1.11. The van der Waals surface area contributed by atoms with Gasteiger partial charge in [-0.05, 0) is 75.7 Å². The van der Waals surface area contributed by atoms with Crippen LogP contribution in [0.5, 0.6) is 5.75 Å². The van der Waals surface area contributed by atoms with Gasteiger partial charge in [0.05, 0.1) is 28.8 Å². The van der Waals surface area contributed by atoms with Gasteiger partial charge in [-0.25, -0.2) is 28.4 Å². The molecule has 42 heavy (non-hydrogen) atoms. The molecule has 2 aromatic carbocycles. The number of halogens is 2. The largest absolute Gasteiger partial charge is 0.488 e. The molecule has 0 fully saturated rings. The summed E-state index contributed by atoms with van der Waals surface area (Å²) in [4.78, 5) is 27.4. The zero-order valence-electron chi connectivity index (χ0n) is 23.3. The summed E-state index contributed by atoms with van der Waals surface area (Å²) in [5, 5.41) is 5.23. The third-order valence-electron chi connectivity index (χ3n) is 7.03. The van der Waals surface area contributed by atoms with Crippen LogP contribution in [-0.4, -0.2) is 35.2 Å². The summed E-state index contributed by atoms with van der Waals surface area (Å²) in [6.45, 7) is 7.24. The van der Waals surface area contributed by atoms with E-state index in [2.05, 4.69) is 9.97 Å². The van der Waals surface area contributed by atoms with Crippen molar-refractivity contribution in [3.8, 4) is 28.1 Å². The van der Waals surface area contributed by atoms with Crippen molar-refractivity contribution < 1.29 is 13.5 Å². The van der Waals surface area contributed by atoms with Gasteiger partial charge in [0.2, 0.25) is 0 Å². The molecule has 0 radical (unpaired) electrons. The SMILES string of the molecule is Cc1cccc2nc([C@H](C)n3nc(-c4ccc(OC(C)C)c(F)c4)c4c(N)ncnc43)c(-c3cccc(F)c3)c(=O)n12. The molecule has 0 spiro atoms. The van der Waals surface area contributed by atoms with E-state index in [9.17, 15) is 9.18 Å². The summed E-state index contributed by atoms with van der Waals surface area (Å²) in [5.41, 5.74) is 9.17. The molecule has 0 aliphatic heterocycles. The van der Waals surface area contributed by atoms with Crippen LogP contribution in [0.25, 0.3) is 39.1 Å². The van der Waals surface area contributed by atoms with Gasteiger partial charge in [-0.2, -0.15) is 5.10 Å². The minimum atomic E-state index is -0.680. The number of pyridine rings is 1. The number of aromatic nitrogens is 6. The lowest BCUT2D eigenvalue weighted by atomic mass is 10.0. The highest BCUT2D eigenvalue weighted by molar-refractivity contribution is 5.98. The van der Waals surface area contributed by atoms with Crippen molar-refractivity contribution in [3.05, 3.63) is 100 Å². The first-order valence-electron chi connectivity index (χ1n) is 13.4. The van der Waals surface area contributed by atoms with Gasteiger partial charge >= 0.3 is 0 Å². The fourth-order valence-electron chi connectivity index (χ4n) is 5.15.